The molecule has 0 saturated heterocycles. The summed E-state index contributed by atoms with van der Waals surface area (Å²) in [5, 5.41) is 17.3. The van der Waals surface area contributed by atoms with Gasteiger partial charge in [-0.25, -0.2) is 4.98 Å². The molecule has 2 aromatic rings. The first-order valence-corrected chi connectivity index (χ1v) is 6.86. The first-order chi connectivity index (χ1) is 8.79. The number of nitrogens with one attached hydrogen (secondary N) is 2. The standard InChI is InChI=1S/C11H17N5OS/c1-3-12-8(2)10-15-16-11(17-10)14-5-4-9-13-6-7-18-9/h6-8,12H,3-5H2,1-2H3,(H,14,16). The second kappa shape index (κ2) is 6.46. The molecule has 2 aromatic heterocycles. The third kappa shape index (κ3) is 3.51. The summed E-state index contributed by atoms with van der Waals surface area (Å²) in [7, 11) is 0. The molecule has 98 valence electrons. The fraction of sp³-hybridized carbons (Fsp3) is 0.545. The topological polar surface area (TPSA) is 75.9 Å². The molecule has 6 nitrogen and oxygen atoms in total. The van der Waals surface area contributed by atoms with Crippen molar-refractivity contribution in [3.63, 3.8) is 0 Å². The highest BCUT2D eigenvalue weighted by atomic mass is 32.1. The number of rotatable bonds is 7. The van der Waals surface area contributed by atoms with Crippen molar-refractivity contribution < 1.29 is 4.42 Å². The number of nitrogens with zero attached hydrogens (tertiary/aromatic N) is 3. The molecule has 0 aliphatic heterocycles. The predicted molar refractivity (Wildman–Crippen MR) is 70.7 cm³/mol. The van der Waals surface area contributed by atoms with E-state index in [1.54, 1.807) is 11.3 Å². The summed E-state index contributed by atoms with van der Waals surface area (Å²) in [5.74, 6) is 0.605. The molecule has 2 heterocycles. The fourth-order valence-corrected chi connectivity index (χ4v) is 2.15. The Morgan fingerprint density at radius 3 is 3.06 bits per heavy atom. The van der Waals surface area contributed by atoms with Crippen molar-refractivity contribution in [1.29, 1.82) is 0 Å². The number of aromatic nitrogens is 3. The van der Waals surface area contributed by atoms with Crippen LogP contribution in [0.5, 0.6) is 0 Å². The summed E-state index contributed by atoms with van der Waals surface area (Å²) < 4.78 is 5.50. The van der Waals surface area contributed by atoms with E-state index < -0.39 is 0 Å². The van der Waals surface area contributed by atoms with Crippen LogP contribution in [0, 0.1) is 0 Å². The highest BCUT2D eigenvalue weighted by Crippen LogP contribution is 2.13. The molecular formula is C11H17N5OS. The van der Waals surface area contributed by atoms with Crippen molar-refractivity contribution in [1.82, 2.24) is 20.5 Å². The quantitative estimate of drug-likeness (QED) is 0.797. The van der Waals surface area contributed by atoms with E-state index in [0.717, 1.165) is 24.5 Å². The van der Waals surface area contributed by atoms with Gasteiger partial charge in [0.15, 0.2) is 0 Å². The zero-order valence-corrected chi connectivity index (χ0v) is 11.3. The van der Waals surface area contributed by atoms with Gasteiger partial charge in [0.25, 0.3) is 0 Å². The summed E-state index contributed by atoms with van der Waals surface area (Å²) in [5.41, 5.74) is 0. The second-order valence-corrected chi connectivity index (χ2v) is 4.81. The molecule has 1 unspecified atom stereocenters. The summed E-state index contributed by atoms with van der Waals surface area (Å²) in [4.78, 5) is 4.21. The number of hydrogen-bond acceptors (Lipinski definition) is 7. The van der Waals surface area contributed by atoms with Crippen molar-refractivity contribution >= 4 is 17.4 Å². The lowest BCUT2D eigenvalue weighted by atomic mass is 10.3. The van der Waals surface area contributed by atoms with Gasteiger partial charge in [0.1, 0.15) is 0 Å². The lowest BCUT2D eigenvalue weighted by Gasteiger charge is -2.05. The van der Waals surface area contributed by atoms with Crippen LogP contribution in [0.4, 0.5) is 6.01 Å². The van der Waals surface area contributed by atoms with E-state index in [4.69, 9.17) is 4.42 Å². The third-order valence-electron chi connectivity index (χ3n) is 2.42. The average Bonchev–Trinajstić information content (AvgIpc) is 3.00. The summed E-state index contributed by atoms with van der Waals surface area (Å²) in [6.45, 7) is 5.65. The molecule has 2 rings (SSSR count). The minimum absolute atomic E-state index is 0.0806. The molecule has 0 amide bonds. The maximum atomic E-state index is 5.50. The Hall–Kier alpha value is -1.47. The highest BCUT2D eigenvalue weighted by molar-refractivity contribution is 7.09. The Kier molecular flexibility index (Phi) is 4.66. The fourth-order valence-electron chi connectivity index (χ4n) is 1.53. The van der Waals surface area contributed by atoms with Crippen LogP contribution in [0.3, 0.4) is 0 Å². The zero-order valence-electron chi connectivity index (χ0n) is 10.5. The Bertz CT molecular complexity index is 456. The van der Waals surface area contributed by atoms with E-state index in [2.05, 4.69) is 25.8 Å². The highest BCUT2D eigenvalue weighted by Gasteiger charge is 2.12. The Morgan fingerprint density at radius 2 is 2.33 bits per heavy atom. The van der Waals surface area contributed by atoms with Crippen molar-refractivity contribution in [2.45, 2.75) is 26.3 Å². The third-order valence-corrected chi connectivity index (χ3v) is 3.26. The van der Waals surface area contributed by atoms with Crippen molar-refractivity contribution in [2.24, 2.45) is 0 Å². The van der Waals surface area contributed by atoms with Crippen LogP contribution in [0.15, 0.2) is 16.0 Å². The van der Waals surface area contributed by atoms with Crippen LogP contribution in [0.2, 0.25) is 0 Å². The van der Waals surface area contributed by atoms with Crippen LogP contribution < -0.4 is 10.6 Å². The lowest BCUT2D eigenvalue weighted by molar-refractivity contribution is 0.429. The smallest absolute Gasteiger partial charge is 0.315 e. The zero-order chi connectivity index (χ0) is 12.8. The van der Waals surface area contributed by atoms with Crippen LogP contribution in [-0.4, -0.2) is 28.3 Å². The van der Waals surface area contributed by atoms with E-state index in [1.807, 2.05) is 25.4 Å². The van der Waals surface area contributed by atoms with Gasteiger partial charge in [-0.2, -0.15) is 0 Å². The summed E-state index contributed by atoms with van der Waals surface area (Å²) in [6.07, 6.45) is 2.67. The minimum atomic E-state index is 0.0806. The van der Waals surface area contributed by atoms with Gasteiger partial charge in [-0.1, -0.05) is 12.0 Å². The van der Waals surface area contributed by atoms with Gasteiger partial charge in [-0.05, 0) is 13.5 Å². The molecule has 0 saturated carbocycles. The maximum absolute atomic E-state index is 5.50. The molecule has 0 spiro atoms. The van der Waals surface area contributed by atoms with Gasteiger partial charge in [0, 0.05) is 24.5 Å². The minimum Gasteiger partial charge on any atom is -0.406 e. The molecule has 0 bridgehead atoms. The Labute approximate surface area is 110 Å². The number of anilines is 1. The Morgan fingerprint density at radius 1 is 1.44 bits per heavy atom. The molecule has 2 N–H and O–H groups in total. The summed E-state index contributed by atoms with van der Waals surface area (Å²) >= 11 is 1.65. The van der Waals surface area contributed by atoms with Gasteiger partial charge in [0.2, 0.25) is 5.89 Å². The monoisotopic (exact) mass is 267 g/mol. The van der Waals surface area contributed by atoms with Crippen LogP contribution in [-0.2, 0) is 6.42 Å². The lowest BCUT2D eigenvalue weighted by Crippen LogP contribution is -2.17. The normalized spacial score (nSPS) is 12.6. The second-order valence-electron chi connectivity index (χ2n) is 3.83. The van der Waals surface area contributed by atoms with Crippen molar-refractivity contribution in [3.8, 4) is 0 Å². The predicted octanol–water partition coefficient (Wildman–Crippen LogP) is 1.85. The molecule has 0 aliphatic carbocycles. The first kappa shape index (κ1) is 13.0. The average molecular weight is 267 g/mol. The molecule has 0 fully saturated rings. The van der Waals surface area contributed by atoms with Crippen LogP contribution in [0.1, 0.15) is 30.8 Å². The van der Waals surface area contributed by atoms with Gasteiger partial charge >= 0.3 is 6.01 Å². The molecule has 7 heteroatoms. The van der Waals surface area contributed by atoms with Gasteiger partial charge in [-0.3, -0.25) is 0 Å². The van der Waals surface area contributed by atoms with Crippen LogP contribution >= 0.6 is 11.3 Å². The largest absolute Gasteiger partial charge is 0.406 e. The van der Waals surface area contributed by atoms with Crippen molar-refractivity contribution in [2.75, 3.05) is 18.4 Å². The van der Waals surface area contributed by atoms with E-state index in [1.165, 1.54) is 0 Å². The van der Waals surface area contributed by atoms with Gasteiger partial charge in [0.05, 0.1) is 11.0 Å². The molecular weight excluding hydrogens is 250 g/mol. The number of hydrogen-bond donors (Lipinski definition) is 2. The van der Waals surface area contributed by atoms with Gasteiger partial charge < -0.3 is 15.1 Å². The van der Waals surface area contributed by atoms with Crippen molar-refractivity contribution in [3.05, 3.63) is 22.5 Å². The molecule has 1 atom stereocenters. The SMILES string of the molecule is CCNC(C)c1nnc(NCCc2nccs2)o1. The Balaban J connectivity index is 1.79. The number of thiazole rings is 1. The summed E-state index contributed by atoms with van der Waals surface area (Å²) in [6, 6.07) is 0.545. The molecule has 0 aromatic carbocycles. The van der Waals surface area contributed by atoms with E-state index in [0.29, 0.717) is 11.9 Å². The van der Waals surface area contributed by atoms with Gasteiger partial charge in [-0.15, -0.1) is 16.4 Å². The van der Waals surface area contributed by atoms with Crippen LogP contribution in [0.25, 0.3) is 0 Å². The van der Waals surface area contributed by atoms with E-state index in [9.17, 15) is 0 Å². The van der Waals surface area contributed by atoms with E-state index in [-0.39, 0.29) is 6.04 Å². The van der Waals surface area contributed by atoms with E-state index >= 15 is 0 Å². The molecule has 0 aliphatic rings. The maximum Gasteiger partial charge on any atom is 0.315 e. The molecule has 0 radical (unpaired) electrons. The first-order valence-electron chi connectivity index (χ1n) is 5.98. The molecule has 18 heavy (non-hydrogen) atoms.